The average Bonchev–Trinajstić information content (AvgIpc) is 2.39. The maximum atomic E-state index is 8.75. The first-order chi connectivity index (χ1) is 7.81. The molecule has 0 bridgehead atoms. The van der Waals surface area contributed by atoms with Gasteiger partial charge in [0, 0.05) is 18.8 Å². The van der Waals surface area contributed by atoms with Crippen LogP contribution in [0.15, 0.2) is 30.8 Å². The first-order valence-corrected chi connectivity index (χ1v) is 5.75. The van der Waals surface area contributed by atoms with Crippen LogP contribution in [0.5, 0.6) is 0 Å². The number of hydrogen-bond donors (Lipinski definition) is 0. The van der Waals surface area contributed by atoms with E-state index >= 15 is 0 Å². The van der Waals surface area contributed by atoms with E-state index in [1.165, 1.54) is 24.9 Å². The van der Waals surface area contributed by atoms with Gasteiger partial charge in [-0.2, -0.15) is 5.26 Å². The molecule has 0 aliphatic carbocycles. The van der Waals surface area contributed by atoms with Gasteiger partial charge in [0.05, 0.1) is 11.6 Å². The van der Waals surface area contributed by atoms with Crippen LogP contribution in [0.4, 0.5) is 5.69 Å². The Hall–Kier alpha value is -1.75. The summed E-state index contributed by atoms with van der Waals surface area (Å²) in [4.78, 5) is 2.41. The molecule has 1 aliphatic heterocycles. The lowest BCUT2D eigenvalue weighted by atomic mass is 10.1. The topological polar surface area (TPSA) is 27.0 Å². The molecular formula is C14H16N2. The molecule has 2 heteroatoms. The fourth-order valence-electron chi connectivity index (χ4n) is 2.09. The highest BCUT2D eigenvalue weighted by atomic mass is 15.1. The maximum Gasteiger partial charge on any atom is 0.0991 e. The standard InChI is InChI=1S/C14H16N2/c1-12(11-15)13-5-7-14(8-6-13)16-9-3-2-4-10-16/h5-8H,1-4,9-10H2. The van der Waals surface area contributed by atoms with Crippen LogP contribution in [0, 0.1) is 11.3 Å². The Morgan fingerprint density at radius 1 is 1.12 bits per heavy atom. The Balaban J connectivity index is 2.12. The smallest absolute Gasteiger partial charge is 0.0991 e. The zero-order valence-corrected chi connectivity index (χ0v) is 9.45. The van der Waals surface area contributed by atoms with Crippen LogP contribution in [-0.2, 0) is 0 Å². The van der Waals surface area contributed by atoms with Crippen molar-refractivity contribution in [1.29, 1.82) is 5.26 Å². The zero-order valence-electron chi connectivity index (χ0n) is 9.45. The Kier molecular flexibility index (Phi) is 3.26. The molecule has 0 atom stereocenters. The van der Waals surface area contributed by atoms with Gasteiger partial charge in [-0.25, -0.2) is 0 Å². The first kappa shape index (κ1) is 10.8. The van der Waals surface area contributed by atoms with E-state index in [4.69, 9.17) is 5.26 Å². The third-order valence-electron chi connectivity index (χ3n) is 3.07. The van der Waals surface area contributed by atoms with E-state index in [0.29, 0.717) is 5.57 Å². The molecule has 0 unspecified atom stereocenters. The number of allylic oxidation sites excluding steroid dienone is 1. The number of hydrogen-bond acceptors (Lipinski definition) is 2. The Bertz CT molecular complexity index is 405. The van der Waals surface area contributed by atoms with Crippen molar-refractivity contribution in [3.63, 3.8) is 0 Å². The molecule has 16 heavy (non-hydrogen) atoms. The van der Waals surface area contributed by atoms with Gasteiger partial charge < -0.3 is 4.90 Å². The Morgan fingerprint density at radius 2 is 1.75 bits per heavy atom. The molecule has 1 heterocycles. The minimum atomic E-state index is 0.533. The van der Waals surface area contributed by atoms with Crippen LogP contribution in [0.2, 0.25) is 0 Å². The molecule has 1 aromatic rings. The quantitative estimate of drug-likeness (QED) is 0.704. The van der Waals surface area contributed by atoms with Crippen molar-refractivity contribution in [3.05, 3.63) is 36.4 Å². The van der Waals surface area contributed by atoms with Gasteiger partial charge in [-0.05, 0) is 37.0 Å². The van der Waals surface area contributed by atoms with E-state index in [9.17, 15) is 0 Å². The van der Waals surface area contributed by atoms with E-state index in [1.54, 1.807) is 0 Å². The molecule has 1 saturated heterocycles. The number of rotatable bonds is 2. The summed E-state index contributed by atoms with van der Waals surface area (Å²) >= 11 is 0. The van der Waals surface area contributed by atoms with Gasteiger partial charge in [0.15, 0.2) is 0 Å². The number of anilines is 1. The molecule has 1 aliphatic rings. The van der Waals surface area contributed by atoms with Crippen molar-refractivity contribution >= 4 is 11.3 Å². The maximum absolute atomic E-state index is 8.75. The lowest BCUT2D eigenvalue weighted by molar-refractivity contribution is 0.578. The van der Waals surface area contributed by atoms with Crippen molar-refractivity contribution in [2.75, 3.05) is 18.0 Å². The van der Waals surface area contributed by atoms with Crippen LogP contribution in [-0.4, -0.2) is 13.1 Å². The lowest BCUT2D eigenvalue weighted by Crippen LogP contribution is -2.29. The minimum absolute atomic E-state index is 0.533. The summed E-state index contributed by atoms with van der Waals surface area (Å²) in [7, 11) is 0. The van der Waals surface area contributed by atoms with E-state index < -0.39 is 0 Å². The fraction of sp³-hybridized carbons (Fsp3) is 0.357. The SMILES string of the molecule is C=C(C#N)c1ccc(N2CCCCC2)cc1. The highest BCUT2D eigenvalue weighted by Gasteiger charge is 2.10. The molecule has 0 N–H and O–H groups in total. The van der Waals surface area contributed by atoms with Gasteiger partial charge in [0.25, 0.3) is 0 Å². The molecule has 2 nitrogen and oxygen atoms in total. The highest BCUT2D eigenvalue weighted by Crippen LogP contribution is 2.22. The highest BCUT2D eigenvalue weighted by molar-refractivity contribution is 5.75. The summed E-state index contributed by atoms with van der Waals surface area (Å²) in [5.74, 6) is 0. The summed E-state index contributed by atoms with van der Waals surface area (Å²) in [6.45, 7) is 6.01. The van der Waals surface area contributed by atoms with Gasteiger partial charge in [0.2, 0.25) is 0 Å². The second kappa shape index (κ2) is 4.85. The average molecular weight is 212 g/mol. The summed E-state index contributed by atoms with van der Waals surface area (Å²) in [6.07, 6.45) is 3.92. The Labute approximate surface area is 96.8 Å². The van der Waals surface area contributed by atoms with Gasteiger partial charge >= 0.3 is 0 Å². The predicted octanol–water partition coefficient (Wildman–Crippen LogP) is 3.21. The van der Waals surface area contributed by atoms with Gasteiger partial charge in [0.1, 0.15) is 0 Å². The lowest BCUT2D eigenvalue weighted by Gasteiger charge is -2.28. The molecule has 0 aromatic heterocycles. The van der Waals surface area contributed by atoms with E-state index in [2.05, 4.69) is 29.7 Å². The van der Waals surface area contributed by atoms with Crippen molar-refractivity contribution in [1.82, 2.24) is 0 Å². The summed E-state index contributed by atoms with van der Waals surface area (Å²) < 4.78 is 0. The van der Waals surface area contributed by atoms with Crippen LogP contribution in [0.3, 0.4) is 0 Å². The molecule has 82 valence electrons. The van der Waals surface area contributed by atoms with Gasteiger partial charge in [-0.3, -0.25) is 0 Å². The predicted molar refractivity (Wildman–Crippen MR) is 67.2 cm³/mol. The van der Waals surface area contributed by atoms with Crippen molar-refractivity contribution in [2.24, 2.45) is 0 Å². The van der Waals surface area contributed by atoms with Crippen LogP contribution < -0.4 is 4.90 Å². The molecule has 0 amide bonds. The molecule has 2 rings (SSSR count). The molecule has 0 saturated carbocycles. The normalized spacial score (nSPS) is 15.6. The molecular weight excluding hydrogens is 196 g/mol. The Morgan fingerprint density at radius 3 is 2.31 bits per heavy atom. The van der Waals surface area contributed by atoms with E-state index in [0.717, 1.165) is 18.7 Å². The van der Waals surface area contributed by atoms with E-state index in [1.807, 2.05) is 12.1 Å². The van der Waals surface area contributed by atoms with Gasteiger partial charge in [-0.1, -0.05) is 18.7 Å². The summed E-state index contributed by atoms with van der Waals surface area (Å²) in [5, 5.41) is 8.75. The van der Waals surface area contributed by atoms with Crippen molar-refractivity contribution in [2.45, 2.75) is 19.3 Å². The third kappa shape index (κ3) is 2.25. The largest absolute Gasteiger partial charge is 0.372 e. The third-order valence-corrected chi connectivity index (χ3v) is 3.07. The van der Waals surface area contributed by atoms with Crippen LogP contribution in [0.1, 0.15) is 24.8 Å². The van der Waals surface area contributed by atoms with Crippen LogP contribution >= 0.6 is 0 Å². The minimum Gasteiger partial charge on any atom is -0.372 e. The molecule has 1 aromatic carbocycles. The molecule has 0 radical (unpaired) electrons. The fourth-order valence-corrected chi connectivity index (χ4v) is 2.09. The molecule has 1 fully saturated rings. The summed E-state index contributed by atoms with van der Waals surface area (Å²) in [6, 6.07) is 10.2. The van der Waals surface area contributed by atoms with E-state index in [-0.39, 0.29) is 0 Å². The summed E-state index contributed by atoms with van der Waals surface area (Å²) in [5.41, 5.74) is 2.71. The van der Waals surface area contributed by atoms with Crippen molar-refractivity contribution < 1.29 is 0 Å². The first-order valence-electron chi connectivity index (χ1n) is 5.75. The number of nitriles is 1. The van der Waals surface area contributed by atoms with Crippen molar-refractivity contribution in [3.8, 4) is 6.07 Å². The molecule has 0 spiro atoms. The monoisotopic (exact) mass is 212 g/mol. The zero-order chi connectivity index (χ0) is 11.4. The second-order valence-corrected chi connectivity index (χ2v) is 4.18. The second-order valence-electron chi connectivity index (χ2n) is 4.18. The number of nitrogens with zero attached hydrogens (tertiary/aromatic N) is 2. The number of benzene rings is 1. The number of piperidine rings is 1. The van der Waals surface area contributed by atoms with Crippen LogP contribution in [0.25, 0.3) is 5.57 Å². The van der Waals surface area contributed by atoms with Gasteiger partial charge in [-0.15, -0.1) is 0 Å².